The molecule has 2 aromatic rings. The topological polar surface area (TPSA) is 49.4 Å². The maximum absolute atomic E-state index is 12.0. The van der Waals surface area contributed by atoms with Crippen LogP contribution in [0.25, 0.3) is 11.1 Å². The van der Waals surface area contributed by atoms with Crippen LogP contribution < -0.4 is 5.32 Å². The van der Waals surface area contributed by atoms with Gasteiger partial charge in [-0.05, 0) is 29.5 Å². The first-order chi connectivity index (χ1) is 12.2. The van der Waals surface area contributed by atoms with E-state index in [-0.39, 0.29) is 11.8 Å². The molecule has 4 heteroatoms. The fourth-order valence-electron chi connectivity index (χ4n) is 3.13. The van der Waals surface area contributed by atoms with Crippen LogP contribution in [0, 0.1) is 0 Å². The van der Waals surface area contributed by atoms with Gasteiger partial charge in [0.25, 0.3) is 0 Å². The van der Waals surface area contributed by atoms with Crippen molar-refractivity contribution < 1.29 is 9.59 Å². The Morgan fingerprint density at radius 2 is 1.72 bits per heavy atom. The molecule has 4 nitrogen and oxygen atoms in total. The summed E-state index contributed by atoms with van der Waals surface area (Å²) in [5, 5.41) is 2.94. The molecule has 1 heterocycles. The molecular weight excluding hydrogens is 312 g/mol. The molecule has 0 saturated carbocycles. The SMILES string of the molecule is O=C(Cc1ccc(-c2ccccc2)cc1)NCCCN1CCCC1=O. The van der Waals surface area contributed by atoms with Gasteiger partial charge in [0, 0.05) is 26.1 Å². The van der Waals surface area contributed by atoms with Gasteiger partial charge in [0.05, 0.1) is 6.42 Å². The van der Waals surface area contributed by atoms with Crippen LogP contribution in [-0.4, -0.2) is 36.3 Å². The fourth-order valence-corrected chi connectivity index (χ4v) is 3.13. The molecule has 1 aliphatic heterocycles. The first-order valence-electron chi connectivity index (χ1n) is 8.91. The van der Waals surface area contributed by atoms with Gasteiger partial charge in [0.1, 0.15) is 0 Å². The van der Waals surface area contributed by atoms with Crippen molar-refractivity contribution in [3.05, 3.63) is 60.2 Å². The Kier molecular flexibility index (Phi) is 5.83. The number of hydrogen-bond donors (Lipinski definition) is 1. The van der Waals surface area contributed by atoms with E-state index in [4.69, 9.17) is 0 Å². The van der Waals surface area contributed by atoms with Crippen LogP contribution in [0.3, 0.4) is 0 Å². The molecule has 1 aliphatic rings. The van der Waals surface area contributed by atoms with Crippen molar-refractivity contribution in [1.82, 2.24) is 10.2 Å². The van der Waals surface area contributed by atoms with Crippen LogP contribution >= 0.6 is 0 Å². The standard InChI is InChI=1S/C21H24N2O2/c24-20(22-13-5-15-23-14-4-8-21(23)25)16-17-9-11-19(12-10-17)18-6-2-1-3-7-18/h1-3,6-7,9-12H,4-5,8,13-16H2,(H,22,24). The summed E-state index contributed by atoms with van der Waals surface area (Å²) in [7, 11) is 0. The van der Waals surface area contributed by atoms with E-state index in [1.54, 1.807) is 0 Å². The van der Waals surface area contributed by atoms with E-state index in [1.807, 2.05) is 35.2 Å². The second-order valence-electron chi connectivity index (χ2n) is 6.43. The van der Waals surface area contributed by atoms with Gasteiger partial charge < -0.3 is 10.2 Å². The number of hydrogen-bond acceptors (Lipinski definition) is 2. The highest BCUT2D eigenvalue weighted by Gasteiger charge is 2.18. The number of carbonyl (C=O) groups excluding carboxylic acids is 2. The molecule has 0 unspecified atom stereocenters. The smallest absolute Gasteiger partial charge is 0.224 e. The largest absolute Gasteiger partial charge is 0.356 e. The maximum atomic E-state index is 12.0. The van der Waals surface area contributed by atoms with Crippen molar-refractivity contribution in [3.63, 3.8) is 0 Å². The number of benzene rings is 2. The van der Waals surface area contributed by atoms with Crippen LogP contribution in [0.15, 0.2) is 54.6 Å². The molecule has 0 radical (unpaired) electrons. The minimum absolute atomic E-state index is 0.0280. The van der Waals surface area contributed by atoms with E-state index in [9.17, 15) is 9.59 Å². The van der Waals surface area contributed by atoms with E-state index in [0.29, 0.717) is 19.4 Å². The van der Waals surface area contributed by atoms with Crippen LogP contribution in [0.5, 0.6) is 0 Å². The number of amides is 2. The number of carbonyl (C=O) groups is 2. The number of likely N-dealkylation sites (tertiary alicyclic amines) is 1. The Bertz CT molecular complexity index is 710. The number of nitrogens with zero attached hydrogens (tertiary/aromatic N) is 1. The third kappa shape index (κ3) is 4.92. The van der Waals surface area contributed by atoms with E-state index in [2.05, 4.69) is 29.6 Å². The van der Waals surface area contributed by atoms with Crippen LogP contribution in [-0.2, 0) is 16.0 Å². The summed E-state index contributed by atoms with van der Waals surface area (Å²) in [6.07, 6.45) is 2.83. The molecule has 3 rings (SSSR count). The average Bonchev–Trinajstić information content (AvgIpc) is 3.05. The van der Waals surface area contributed by atoms with Crippen molar-refractivity contribution in [3.8, 4) is 11.1 Å². The van der Waals surface area contributed by atoms with Gasteiger partial charge >= 0.3 is 0 Å². The quantitative estimate of drug-likeness (QED) is 0.790. The van der Waals surface area contributed by atoms with E-state index < -0.39 is 0 Å². The van der Waals surface area contributed by atoms with E-state index in [1.165, 1.54) is 5.56 Å². The summed E-state index contributed by atoms with van der Waals surface area (Å²) in [6.45, 7) is 2.22. The highest BCUT2D eigenvalue weighted by Crippen LogP contribution is 2.19. The Hall–Kier alpha value is -2.62. The van der Waals surface area contributed by atoms with Crippen LogP contribution in [0.2, 0.25) is 0 Å². The third-order valence-corrected chi connectivity index (χ3v) is 4.52. The minimum Gasteiger partial charge on any atom is -0.356 e. The summed E-state index contributed by atoms with van der Waals surface area (Å²) >= 11 is 0. The zero-order valence-corrected chi connectivity index (χ0v) is 14.4. The molecule has 25 heavy (non-hydrogen) atoms. The lowest BCUT2D eigenvalue weighted by Crippen LogP contribution is -2.31. The molecule has 2 amide bonds. The first kappa shape index (κ1) is 17.2. The van der Waals surface area contributed by atoms with Crippen molar-refractivity contribution in [2.45, 2.75) is 25.7 Å². The predicted octanol–water partition coefficient (Wildman–Crippen LogP) is 3.02. The van der Waals surface area contributed by atoms with Crippen molar-refractivity contribution >= 4 is 11.8 Å². The lowest BCUT2D eigenvalue weighted by atomic mass is 10.0. The molecule has 1 saturated heterocycles. The second kappa shape index (κ2) is 8.47. The van der Waals surface area contributed by atoms with Gasteiger partial charge in [0.15, 0.2) is 0 Å². The monoisotopic (exact) mass is 336 g/mol. The molecule has 2 aromatic carbocycles. The van der Waals surface area contributed by atoms with Gasteiger partial charge in [-0.3, -0.25) is 9.59 Å². The van der Waals surface area contributed by atoms with Crippen molar-refractivity contribution in [2.75, 3.05) is 19.6 Å². The highest BCUT2D eigenvalue weighted by atomic mass is 16.2. The fraction of sp³-hybridized carbons (Fsp3) is 0.333. The average molecular weight is 336 g/mol. The molecule has 0 atom stereocenters. The summed E-state index contributed by atoms with van der Waals surface area (Å²) in [6, 6.07) is 18.3. The van der Waals surface area contributed by atoms with Gasteiger partial charge in [-0.25, -0.2) is 0 Å². The van der Waals surface area contributed by atoms with E-state index in [0.717, 1.165) is 37.1 Å². The Balaban J connectivity index is 1.41. The Labute approximate surface area is 148 Å². The molecule has 0 spiro atoms. The molecule has 0 aromatic heterocycles. The van der Waals surface area contributed by atoms with Gasteiger partial charge in [-0.15, -0.1) is 0 Å². The Morgan fingerprint density at radius 3 is 2.40 bits per heavy atom. The molecule has 1 fully saturated rings. The van der Waals surface area contributed by atoms with Gasteiger partial charge in [0.2, 0.25) is 11.8 Å². The summed E-state index contributed by atoms with van der Waals surface area (Å²) in [4.78, 5) is 25.4. The predicted molar refractivity (Wildman–Crippen MR) is 99.0 cm³/mol. The summed E-state index contributed by atoms with van der Waals surface area (Å²) in [5.41, 5.74) is 3.34. The van der Waals surface area contributed by atoms with E-state index >= 15 is 0 Å². The van der Waals surface area contributed by atoms with Gasteiger partial charge in [-0.2, -0.15) is 0 Å². The molecule has 0 bridgehead atoms. The van der Waals surface area contributed by atoms with Crippen molar-refractivity contribution in [1.29, 1.82) is 0 Å². The summed E-state index contributed by atoms with van der Waals surface area (Å²) < 4.78 is 0. The lowest BCUT2D eigenvalue weighted by Gasteiger charge is -2.15. The maximum Gasteiger partial charge on any atom is 0.224 e. The first-order valence-corrected chi connectivity index (χ1v) is 8.91. The lowest BCUT2D eigenvalue weighted by molar-refractivity contribution is -0.127. The normalized spacial score (nSPS) is 13.9. The molecule has 130 valence electrons. The third-order valence-electron chi connectivity index (χ3n) is 4.52. The number of nitrogens with one attached hydrogen (secondary N) is 1. The number of rotatable bonds is 7. The van der Waals surface area contributed by atoms with Crippen molar-refractivity contribution in [2.24, 2.45) is 0 Å². The van der Waals surface area contributed by atoms with Gasteiger partial charge in [-0.1, -0.05) is 54.6 Å². The van der Waals surface area contributed by atoms with Crippen LogP contribution in [0.1, 0.15) is 24.8 Å². The minimum atomic E-state index is 0.0280. The molecule has 0 aliphatic carbocycles. The summed E-state index contributed by atoms with van der Waals surface area (Å²) in [5.74, 6) is 0.269. The second-order valence-corrected chi connectivity index (χ2v) is 6.43. The molecular formula is C21H24N2O2. The van der Waals surface area contributed by atoms with Crippen LogP contribution in [0.4, 0.5) is 0 Å². The molecule has 1 N–H and O–H groups in total. The Morgan fingerprint density at radius 1 is 1.00 bits per heavy atom. The zero-order valence-electron chi connectivity index (χ0n) is 14.4. The highest BCUT2D eigenvalue weighted by molar-refractivity contribution is 5.79. The zero-order chi connectivity index (χ0) is 17.5.